The van der Waals surface area contributed by atoms with E-state index in [0.717, 1.165) is 17.3 Å². The molecule has 1 atom stereocenters. The number of aliphatic carboxylic acids is 1. The standard InChI is InChI=1S/C13H16BrNO4/c1-18-11-5-7(14)4-9(10(6-15)13(16)17)12(11)19-8-2-3-8/h4-5,8,10H,2-3,6,15H2,1H3,(H,16,17). The number of hydrogen-bond acceptors (Lipinski definition) is 4. The minimum Gasteiger partial charge on any atom is -0.493 e. The molecule has 0 aliphatic heterocycles. The van der Waals surface area contributed by atoms with Crippen LogP contribution in [0.1, 0.15) is 24.3 Å². The average molecular weight is 330 g/mol. The van der Waals surface area contributed by atoms with Gasteiger partial charge in [-0.25, -0.2) is 0 Å². The van der Waals surface area contributed by atoms with Gasteiger partial charge in [-0.3, -0.25) is 4.79 Å². The second kappa shape index (κ2) is 5.79. The van der Waals surface area contributed by atoms with Gasteiger partial charge in [0, 0.05) is 16.6 Å². The molecule has 2 rings (SSSR count). The van der Waals surface area contributed by atoms with E-state index in [1.54, 1.807) is 12.1 Å². The maximum Gasteiger partial charge on any atom is 0.312 e. The molecule has 1 saturated carbocycles. The molecule has 0 amide bonds. The van der Waals surface area contributed by atoms with Crippen molar-refractivity contribution in [2.75, 3.05) is 13.7 Å². The van der Waals surface area contributed by atoms with Gasteiger partial charge in [0.1, 0.15) is 0 Å². The van der Waals surface area contributed by atoms with E-state index >= 15 is 0 Å². The van der Waals surface area contributed by atoms with Crippen LogP contribution < -0.4 is 15.2 Å². The molecule has 0 radical (unpaired) electrons. The highest BCUT2D eigenvalue weighted by Gasteiger charge is 2.30. The third-order valence-corrected chi connectivity index (χ3v) is 3.44. The summed E-state index contributed by atoms with van der Waals surface area (Å²) in [5, 5.41) is 9.26. The molecule has 0 saturated heterocycles. The van der Waals surface area contributed by atoms with Gasteiger partial charge >= 0.3 is 5.97 Å². The molecule has 19 heavy (non-hydrogen) atoms. The van der Waals surface area contributed by atoms with Gasteiger partial charge in [-0.05, 0) is 25.0 Å². The summed E-state index contributed by atoms with van der Waals surface area (Å²) in [5.41, 5.74) is 6.12. The number of benzene rings is 1. The van der Waals surface area contributed by atoms with E-state index in [9.17, 15) is 9.90 Å². The van der Waals surface area contributed by atoms with Crippen LogP contribution in [0, 0.1) is 0 Å². The number of carboxylic acids is 1. The predicted octanol–water partition coefficient (Wildman–Crippen LogP) is 2.13. The van der Waals surface area contributed by atoms with Crippen molar-refractivity contribution >= 4 is 21.9 Å². The Balaban J connectivity index is 2.48. The molecule has 0 spiro atoms. The maximum absolute atomic E-state index is 11.3. The van der Waals surface area contributed by atoms with Crippen LogP contribution in [0.4, 0.5) is 0 Å². The van der Waals surface area contributed by atoms with E-state index in [4.69, 9.17) is 15.2 Å². The molecule has 3 N–H and O–H groups in total. The second-order valence-electron chi connectivity index (χ2n) is 4.47. The number of rotatable bonds is 6. The Kier molecular flexibility index (Phi) is 4.31. The molecule has 1 unspecified atom stereocenters. The van der Waals surface area contributed by atoms with Crippen LogP contribution in [0.2, 0.25) is 0 Å². The van der Waals surface area contributed by atoms with Crippen LogP contribution in [0.5, 0.6) is 11.5 Å². The van der Waals surface area contributed by atoms with Crippen LogP contribution >= 0.6 is 15.9 Å². The van der Waals surface area contributed by atoms with Gasteiger partial charge in [-0.15, -0.1) is 0 Å². The Morgan fingerprint density at radius 2 is 2.26 bits per heavy atom. The first kappa shape index (κ1) is 14.1. The van der Waals surface area contributed by atoms with E-state index < -0.39 is 11.9 Å². The Hall–Kier alpha value is -1.27. The summed E-state index contributed by atoms with van der Waals surface area (Å²) in [6, 6.07) is 3.49. The molecule has 104 valence electrons. The first-order valence-electron chi connectivity index (χ1n) is 6.03. The molecule has 1 aromatic carbocycles. The van der Waals surface area contributed by atoms with Crippen LogP contribution in [0.15, 0.2) is 16.6 Å². The Morgan fingerprint density at radius 3 is 2.74 bits per heavy atom. The van der Waals surface area contributed by atoms with Gasteiger partial charge in [-0.2, -0.15) is 0 Å². The molecule has 0 bridgehead atoms. The molecule has 0 heterocycles. The lowest BCUT2D eigenvalue weighted by Crippen LogP contribution is -2.22. The zero-order valence-electron chi connectivity index (χ0n) is 10.6. The molecule has 1 fully saturated rings. The Labute approximate surface area is 119 Å². The molecule has 1 aromatic rings. The summed E-state index contributed by atoms with van der Waals surface area (Å²) in [4.78, 5) is 11.3. The molecule has 5 nitrogen and oxygen atoms in total. The molecular formula is C13H16BrNO4. The minimum atomic E-state index is -0.969. The molecule has 0 aromatic heterocycles. The van der Waals surface area contributed by atoms with Crippen LogP contribution in [-0.4, -0.2) is 30.8 Å². The fourth-order valence-electron chi connectivity index (χ4n) is 1.84. The molecular weight excluding hydrogens is 314 g/mol. The number of carboxylic acid groups (broad SMARTS) is 1. The normalized spacial score (nSPS) is 15.9. The summed E-state index contributed by atoms with van der Waals surface area (Å²) in [5.74, 6) is -0.759. The smallest absolute Gasteiger partial charge is 0.312 e. The van der Waals surface area contributed by atoms with Crippen molar-refractivity contribution in [2.45, 2.75) is 24.9 Å². The van der Waals surface area contributed by atoms with Crippen molar-refractivity contribution in [1.29, 1.82) is 0 Å². The van der Waals surface area contributed by atoms with Crippen molar-refractivity contribution < 1.29 is 19.4 Å². The number of carbonyl (C=O) groups is 1. The molecule has 1 aliphatic rings. The maximum atomic E-state index is 11.3. The zero-order valence-corrected chi connectivity index (χ0v) is 12.1. The van der Waals surface area contributed by atoms with Crippen molar-refractivity contribution in [2.24, 2.45) is 5.73 Å². The number of hydrogen-bond donors (Lipinski definition) is 2. The van der Waals surface area contributed by atoms with E-state index in [2.05, 4.69) is 15.9 Å². The largest absolute Gasteiger partial charge is 0.493 e. The second-order valence-corrected chi connectivity index (χ2v) is 5.39. The SMILES string of the molecule is COc1cc(Br)cc(C(CN)C(=O)O)c1OC1CC1. The Morgan fingerprint density at radius 1 is 1.58 bits per heavy atom. The first-order valence-corrected chi connectivity index (χ1v) is 6.83. The highest BCUT2D eigenvalue weighted by molar-refractivity contribution is 9.10. The summed E-state index contributed by atoms with van der Waals surface area (Å²) < 4.78 is 11.8. The summed E-state index contributed by atoms with van der Waals surface area (Å²) >= 11 is 3.35. The average Bonchev–Trinajstić information content (AvgIpc) is 3.16. The van der Waals surface area contributed by atoms with Gasteiger partial charge in [0.2, 0.25) is 0 Å². The molecule has 6 heteroatoms. The van der Waals surface area contributed by atoms with Gasteiger partial charge < -0.3 is 20.3 Å². The summed E-state index contributed by atoms with van der Waals surface area (Å²) in [7, 11) is 1.53. The van der Waals surface area contributed by atoms with Crippen LogP contribution in [-0.2, 0) is 4.79 Å². The van der Waals surface area contributed by atoms with Gasteiger partial charge in [0.25, 0.3) is 0 Å². The number of nitrogens with two attached hydrogens (primary N) is 1. The highest BCUT2D eigenvalue weighted by Crippen LogP contribution is 2.41. The summed E-state index contributed by atoms with van der Waals surface area (Å²) in [6.45, 7) is 0.00989. The quantitative estimate of drug-likeness (QED) is 0.835. The van der Waals surface area contributed by atoms with Gasteiger partial charge in [0.05, 0.1) is 19.1 Å². The van der Waals surface area contributed by atoms with E-state index in [1.807, 2.05) is 0 Å². The molecule has 1 aliphatic carbocycles. The van der Waals surface area contributed by atoms with Crippen LogP contribution in [0.3, 0.4) is 0 Å². The van der Waals surface area contributed by atoms with Crippen molar-refractivity contribution in [3.05, 3.63) is 22.2 Å². The number of halogens is 1. The fourth-order valence-corrected chi connectivity index (χ4v) is 2.29. The van der Waals surface area contributed by atoms with Crippen LogP contribution in [0.25, 0.3) is 0 Å². The zero-order chi connectivity index (χ0) is 14.0. The monoisotopic (exact) mass is 329 g/mol. The lowest BCUT2D eigenvalue weighted by Gasteiger charge is -2.19. The van der Waals surface area contributed by atoms with Gasteiger partial charge in [0.15, 0.2) is 11.5 Å². The van der Waals surface area contributed by atoms with Crippen molar-refractivity contribution in [1.82, 2.24) is 0 Å². The highest BCUT2D eigenvalue weighted by atomic mass is 79.9. The first-order chi connectivity index (χ1) is 9.06. The number of ether oxygens (including phenoxy) is 2. The van der Waals surface area contributed by atoms with E-state index in [1.165, 1.54) is 7.11 Å². The predicted molar refractivity (Wildman–Crippen MR) is 73.8 cm³/mol. The van der Waals surface area contributed by atoms with E-state index in [-0.39, 0.29) is 12.6 Å². The van der Waals surface area contributed by atoms with E-state index in [0.29, 0.717) is 17.1 Å². The third-order valence-electron chi connectivity index (χ3n) is 2.99. The topological polar surface area (TPSA) is 81.8 Å². The van der Waals surface area contributed by atoms with Crippen molar-refractivity contribution in [3.8, 4) is 11.5 Å². The lowest BCUT2D eigenvalue weighted by molar-refractivity contribution is -0.138. The number of methoxy groups -OCH3 is 1. The summed E-state index contributed by atoms with van der Waals surface area (Å²) in [6.07, 6.45) is 2.12. The minimum absolute atomic E-state index is 0.00989. The third kappa shape index (κ3) is 3.19. The van der Waals surface area contributed by atoms with Gasteiger partial charge in [-0.1, -0.05) is 15.9 Å². The van der Waals surface area contributed by atoms with Crippen molar-refractivity contribution in [3.63, 3.8) is 0 Å². The fraction of sp³-hybridized carbons (Fsp3) is 0.462. The lowest BCUT2D eigenvalue weighted by atomic mass is 9.98. The Bertz CT molecular complexity index is 488.